The smallest absolute Gasteiger partial charge is 0.286 e. The molecule has 8 heteroatoms. The molecule has 0 unspecified atom stereocenters. The Hall–Kier alpha value is -2.16. The summed E-state index contributed by atoms with van der Waals surface area (Å²) in [7, 11) is -4.78. The van der Waals surface area contributed by atoms with Gasteiger partial charge in [0.15, 0.2) is 5.04 Å². The molecule has 1 N–H and O–H groups in total. The fourth-order valence-corrected chi connectivity index (χ4v) is 2.52. The van der Waals surface area contributed by atoms with Gasteiger partial charge in [0.25, 0.3) is 0 Å². The summed E-state index contributed by atoms with van der Waals surface area (Å²) >= 11 is 0.932. The highest BCUT2D eigenvalue weighted by atomic mass is 32.3. The van der Waals surface area contributed by atoms with Crippen molar-refractivity contribution < 1.29 is 22.0 Å². The minimum Gasteiger partial charge on any atom is -0.286 e. The maximum absolute atomic E-state index is 12.4. The maximum Gasteiger partial charge on any atom is 0.466 e. The Morgan fingerprint density at radius 2 is 1.55 bits per heavy atom. The molecule has 0 bridgehead atoms. The van der Waals surface area contributed by atoms with Gasteiger partial charge in [0.05, 0.1) is 0 Å². The summed E-state index contributed by atoms with van der Waals surface area (Å²) in [5, 5.41) is 3.05. The molecule has 0 saturated heterocycles. The van der Waals surface area contributed by atoms with Gasteiger partial charge in [-0.1, -0.05) is 65.4 Å². The van der Waals surface area contributed by atoms with Crippen LogP contribution in [0.15, 0.2) is 70.7 Å². The molecule has 0 aliphatic carbocycles. The zero-order chi connectivity index (χ0) is 16.0. The number of benzene rings is 2. The Labute approximate surface area is 131 Å². The van der Waals surface area contributed by atoms with Crippen molar-refractivity contribution >= 4 is 33.0 Å². The zero-order valence-electron chi connectivity index (χ0n) is 11.1. The first-order chi connectivity index (χ1) is 10.5. The third kappa shape index (κ3) is 4.99. The first kappa shape index (κ1) is 16.2. The maximum atomic E-state index is 12.4. The van der Waals surface area contributed by atoms with Crippen LogP contribution in [0.4, 0.5) is 0 Å². The van der Waals surface area contributed by atoms with E-state index in [1.165, 1.54) is 0 Å². The second-order valence-corrected chi connectivity index (χ2v) is 6.08. The first-order valence-corrected chi connectivity index (χ1v) is 8.20. The van der Waals surface area contributed by atoms with Crippen molar-refractivity contribution in [2.75, 3.05) is 0 Å². The molecular formula is C14H11NO5S2. The van der Waals surface area contributed by atoms with Crippen molar-refractivity contribution in [3.8, 4) is 0 Å². The fraction of sp³-hybridized carbons (Fsp3) is 0. The van der Waals surface area contributed by atoms with Crippen LogP contribution >= 0.6 is 11.8 Å². The lowest BCUT2D eigenvalue weighted by Crippen LogP contribution is -2.12. The van der Waals surface area contributed by atoms with Gasteiger partial charge in [-0.05, 0) is 12.1 Å². The summed E-state index contributed by atoms with van der Waals surface area (Å²) in [5.74, 6) is -0.516. The van der Waals surface area contributed by atoms with Gasteiger partial charge in [-0.2, -0.15) is 8.42 Å². The summed E-state index contributed by atoms with van der Waals surface area (Å²) in [6, 6.07) is 17.0. The van der Waals surface area contributed by atoms with Crippen LogP contribution in [0.5, 0.6) is 0 Å². The monoisotopic (exact) mass is 337 g/mol. The number of hydrogen-bond donors (Lipinski definition) is 1. The number of Topliss-reactive ketones (excluding diaryl/α,β-unsaturated/α-hetero) is 1. The van der Waals surface area contributed by atoms with Crippen LogP contribution in [0.1, 0.15) is 10.4 Å². The SMILES string of the molecule is O=C(C(=NOS(=O)(=O)O)Sc1ccccc1)c1ccccc1. The van der Waals surface area contributed by atoms with E-state index in [2.05, 4.69) is 9.44 Å². The van der Waals surface area contributed by atoms with Crippen LogP contribution in [0.3, 0.4) is 0 Å². The molecule has 0 heterocycles. The molecule has 6 nitrogen and oxygen atoms in total. The van der Waals surface area contributed by atoms with Crippen LogP contribution in [-0.2, 0) is 14.7 Å². The summed E-state index contributed by atoms with van der Waals surface area (Å²) in [6.07, 6.45) is 0. The number of oxime groups is 1. The molecule has 0 radical (unpaired) electrons. The lowest BCUT2D eigenvalue weighted by molar-refractivity contribution is 0.106. The molecule has 0 aliphatic heterocycles. The topological polar surface area (TPSA) is 93.0 Å². The van der Waals surface area contributed by atoms with Crippen LogP contribution in [0.2, 0.25) is 0 Å². The molecule has 0 spiro atoms. The Kier molecular flexibility index (Phi) is 5.31. The molecule has 0 saturated carbocycles. The van der Waals surface area contributed by atoms with Gasteiger partial charge in [0.2, 0.25) is 5.78 Å². The lowest BCUT2D eigenvalue weighted by Gasteiger charge is -2.04. The highest BCUT2D eigenvalue weighted by molar-refractivity contribution is 8.15. The molecule has 2 rings (SSSR count). The standard InChI is InChI=1S/C14H11NO5S2/c16-13(11-7-3-1-4-8-11)14(15-20-22(17,18)19)21-12-9-5-2-6-10-12/h1-10H,(H,17,18,19). The highest BCUT2D eigenvalue weighted by Gasteiger charge is 2.18. The van der Waals surface area contributed by atoms with E-state index >= 15 is 0 Å². The van der Waals surface area contributed by atoms with E-state index in [4.69, 9.17) is 4.55 Å². The van der Waals surface area contributed by atoms with E-state index in [0.29, 0.717) is 10.5 Å². The van der Waals surface area contributed by atoms with Crippen molar-refractivity contribution in [3.05, 3.63) is 66.2 Å². The van der Waals surface area contributed by atoms with Gasteiger partial charge in [-0.25, -0.2) is 4.28 Å². The molecule has 0 fully saturated rings. The second-order valence-electron chi connectivity index (χ2n) is 4.01. The normalized spacial score (nSPS) is 12.0. The van der Waals surface area contributed by atoms with E-state index in [1.807, 2.05) is 0 Å². The molecule has 0 atom stereocenters. The first-order valence-electron chi connectivity index (χ1n) is 6.02. The Morgan fingerprint density at radius 1 is 1.00 bits per heavy atom. The van der Waals surface area contributed by atoms with Crippen molar-refractivity contribution in [3.63, 3.8) is 0 Å². The number of nitrogens with zero attached hydrogens (tertiary/aromatic N) is 1. The van der Waals surface area contributed by atoms with Gasteiger partial charge >= 0.3 is 10.4 Å². The van der Waals surface area contributed by atoms with E-state index in [1.54, 1.807) is 60.7 Å². The summed E-state index contributed by atoms with van der Waals surface area (Å²) in [5.41, 5.74) is 0.323. The number of ketones is 1. The second kappa shape index (κ2) is 7.21. The van der Waals surface area contributed by atoms with Crippen LogP contribution in [0.25, 0.3) is 0 Å². The molecular weight excluding hydrogens is 326 g/mol. The van der Waals surface area contributed by atoms with Crippen molar-refractivity contribution in [2.24, 2.45) is 5.16 Å². The molecule has 0 amide bonds. The van der Waals surface area contributed by atoms with Crippen LogP contribution in [-0.4, -0.2) is 23.8 Å². The Morgan fingerprint density at radius 3 is 2.09 bits per heavy atom. The van der Waals surface area contributed by atoms with Crippen molar-refractivity contribution in [1.29, 1.82) is 0 Å². The van der Waals surface area contributed by atoms with Gasteiger partial charge in [0.1, 0.15) is 0 Å². The molecule has 0 aliphatic rings. The van der Waals surface area contributed by atoms with E-state index in [0.717, 1.165) is 11.8 Å². The van der Waals surface area contributed by atoms with E-state index in [-0.39, 0.29) is 5.04 Å². The lowest BCUT2D eigenvalue weighted by atomic mass is 10.1. The van der Waals surface area contributed by atoms with Crippen molar-refractivity contribution in [1.82, 2.24) is 0 Å². The van der Waals surface area contributed by atoms with E-state index < -0.39 is 16.2 Å². The summed E-state index contributed by atoms with van der Waals surface area (Å²) in [6.45, 7) is 0. The minimum absolute atomic E-state index is 0.213. The number of thioether (sulfide) groups is 1. The predicted octanol–water partition coefficient (Wildman–Crippen LogP) is 2.79. The summed E-state index contributed by atoms with van der Waals surface area (Å²) < 4.78 is 33.9. The average molecular weight is 337 g/mol. The Balaban J connectivity index is 2.31. The number of hydrogen-bond acceptors (Lipinski definition) is 6. The van der Waals surface area contributed by atoms with E-state index in [9.17, 15) is 13.2 Å². The average Bonchev–Trinajstić information content (AvgIpc) is 2.52. The number of carbonyl (C=O) groups is 1. The highest BCUT2D eigenvalue weighted by Crippen LogP contribution is 2.22. The van der Waals surface area contributed by atoms with Gasteiger partial charge < -0.3 is 0 Å². The van der Waals surface area contributed by atoms with Gasteiger partial charge in [0, 0.05) is 10.5 Å². The fourth-order valence-electron chi connectivity index (χ4n) is 1.50. The summed E-state index contributed by atoms with van der Waals surface area (Å²) in [4.78, 5) is 13.0. The third-order valence-corrected chi connectivity index (χ3v) is 3.63. The molecule has 114 valence electrons. The number of rotatable bonds is 5. The van der Waals surface area contributed by atoms with Crippen molar-refractivity contribution in [2.45, 2.75) is 4.90 Å². The number of carbonyl (C=O) groups excluding carboxylic acids is 1. The zero-order valence-corrected chi connectivity index (χ0v) is 12.8. The van der Waals surface area contributed by atoms with Crippen LogP contribution < -0.4 is 0 Å². The third-order valence-electron chi connectivity index (χ3n) is 2.40. The van der Waals surface area contributed by atoms with Gasteiger partial charge in [-0.15, -0.1) is 0 Å². The molecule has 0 aromatic heterocycles. The predicted molar refractivity (Wildman–Crippen MR) is 83.1 cm³/mol. The minimum atomic E-state index is -4.78. The van der Waals surface area contributed by atoms with Crippen LogP contribution in [0, 0.1) is 0 Å². The quantitative estimate of drug-likeness (QED) is 0.225. The van der Waals surface area contributed by atoms with Gasteiger partial charge in [-0.3, -0.25) is 9.35 Å². The largest absolute Gasteiger partial charge is 0.466 e. The Bertz CT molecular complexity index is 773. The molecule has 2 aromatic carbocycles. The molecule has 22 heavy (non-hydrogen) atoms. The molecule has 2 aromatic rings.